The second-order valence-corrected chi connectivity index (χ2v) is 12.8. The van der Waals surface area contributed by atoms with E-state index in [0.717, 1.165) is 25.7 Å². The van der Waals surface area contributed by atoms with Gasteiger partial charge in [0.15, 0.2) is 6.10 Å². The minimum atomic E-state index is -0.534. The third kappa shape index (κ3) is 31.8. The average molecular weight is 597 g/mol. The summed E-state index contributed by atoms with van der Waals surface area (Å²) in [7, 11) is 0. The molecule has 0 heterocycles. The molecule has 5 nitrogen and oxygen atoms in total. The Hall–Kier alpha value is -1.10. The van der Waals surface area contributed by atoms with Crippen LogP contribution < -0.4 is 0 Å². The highest BCUT2D eigenvalue weighted by molar-refractivity contribution is 5.70. The van der Waals surface area contributed by atoms with Gasteiger partial charge in [0.05, 0.1) is 12.7 Å². The lowest BCUT2D eigenvalue weighted by Gasteiger charge is -2.19. The Kier molecular flexibility index (Phi) is 31.9. The Morgan fingerprint density at radius 3 is 1.14 bits per heavy atom. The van der Waals surface area contributed by atoms with Crippen LogP contribution in [0.5, 0.6) is 0 Å². The van der Waals surface area contributed by atoms with Gasteiger partial charge in [0.25, 0.3) is 0 Å². The van der Waals surface area contributed by atoms with Gasteiger partial charge in [-0.15, -0.1) is 0 Å². The van der Waals surface area contributed by atoms with Gasteiger partial charge in [-0.2, -0.15) is 0 Å². The van der Waals surface area contributed by atoms with Gasteiger partial charge in [0, 0.05) is 12.8 Å². The average Bonchev–Trinajstić information content (AvgIpc) is 2.97. The van der Waals surface area contributed by atoms with E-state index in [1.54, 1.807) is 0 Å². The molecule has 0 aromatic heterocycles. The van der Waals surface area contributed by atoms with Crippen molar-refractivity contribution in [3.8, 4) is 0 Å². The van der Waals surface area contributed by atoms with Crippen molar-refractivity contribution in [2.24, 2.45) is 0 Å². The molecule has 0 spiro atoms. The highest BCUT2D eigenvalue weighted by atomic mass is 16.6. The summed E-state index contributed by atoms with van der Waals surface area (Å²) in [5, 5.41) is 0. The fraction of sp³-hybridized carbons (Fsp3) is 0.946. The molecule has 0 saturated heterocycles. The van der Waals surface area contributed by atoms with Gasteiger partial charge in [-0.05, 0) is 26.7 Å². The number of ether oxygens (including phenoxy) is 3. The zero-order chi connectivity index (χ0) is 30.9. The molecule has 1 atom stereocenters. The molecule has 0 aliphatic rings. The number of hydrogen-bond acceptors (Lipinski definition) is 5. The molecule has 0 radical (unpaired) electrons. The predicted octanol–water partition coefficient (Wildman–Crippen LogP) is 11.4. The van der Waals surface area contributed by atoms with Crippen molar-refractivity contribution in [3.05, 3.63) is 0 Å². The van der Waals surface area contributed by atoms with E-state index in [9.17, 15) is 9.59 Å². The number of esters is 2. The Balaban J connectivity index is 3.84. The highest BCUT2D eigenvalue weighted by Crippen LogP contribution is 2.15. The molecule has 0 amide bonds. The van der Waals surface area contributed by atoms with Gasteiger partial charge >= 0.3 is 11.9 Å². The molecule has 42 heavy (non-hydrogen) atoms. The molecule has 0 fully saturated rings. The van der Waals surface area contributed by atoms with Crippen LogP contribution in [0.2, 0.25) is 0 Å². The lowest BCUT2D eigenvalue weighted by molar-refractivity contribution is -0.163. The number of rotatable bonds is 33. The molecule has 0 aromatic rings. The zero-order valence-corrected chi connectivity index (χ0v) is 28.7. The highest BCUT2D eigenvalue weighted by Gasteiger charge is 2.18. The van der Waals surface area contributed by atoms with Crippen LogP contribution in [0.3, 0.4) is 0 Å². The van der Waals surface area contributed by atoms with Crippen LogP contribution in [0.1, 0.15) is 201 Å². The van der Waals surface area contributed by atoms with Gasteiger partial charge in [-0.1, -0.05) is 162 Å². The molecule has 250 valence electrons. The lowest BCUT2D eigenvalue weighted by Crippen LogP contribution is -2.30. The number of unbranched alkanes of at least 4 members (excludes halogenated alkanes) is 23. The van der Waals surface area contributed by atoms with Crippen molar-refractivity contribution < 1.29 is 23.8 Å². The summed E-state index contributed by atoms with van der Waals surface area (Å²) in [5.74, 6) is -0.420. The maximum Gasteiger partial charge on any atom is 0.306 e. The minimum Gasteiger partial charge on any atom is -0.462 e. The van der Waals surface area contributed by atoms with Crippen LogP contribution in [0, 0.1) is 0 Å². The number of carbonyl (C=O) groups excluding carboxylic acids is 2. The molecule has 0 aromatic carbocycles. The first-order valence-electron chi connectivity index (χ1n) is 18.5. The van der Waals surface area contributed by atoms with Crippen molar-refractivity contribution >= 4 is 11.9 Å². The molecule has 0 saturated carbocycles. The summed E-state index contributed by atoms with van der Waals surface area (Å²) in [4.78, 5) is 24.7. The lowest BCUT2D eigenvalue weighted by atomic mass is 10.0. The maximum atomic E-state index is 12.4. The van der Waals surface area contributed by atoms with E-state index >= 15 is 0 Å². The maximum absolute atomic E-state index is 12.4. The summed E-state index contributed by atoms with van der Waals surface area (Å²) in [6.45, 7) is 8.77. The Bertz CT molecular complexity index is 577. The van der Waals surface area contributed by atoms with Gasteiger partial charge in [0.2, 0.25) is 0 Å². The van der Waals surface area contributed by atoms with Crippen molar-refractivity contribution in [1.29, 1.82) is 0 Å². The molecule has 0 rings (SSSR count). The summed E-state index contributed by atoms with van der Waals surface area (Å²) in [6, 6.07) is 0. The zero-order valence-electron chi connectivity index (χ0n) is 28.7. The summed E-state index contributed by atoms with van der Waals surface area (Å²) >= 11 is 0. The second-order valence-electron chi connectivity index (χ2n) is 12.8. The molecule has 5 heteroatoms. The van der Waals surface area contributed by atoms with Crippen LogP contribution in [0.4, 0.5) is 0 Å². The van der Waals surface area contributed by atoms with E-state index < -0.39 is 6.10 Å². The first kappa shape index (κ1) is 40.9. The van der Waals surface area contributed by atoms with Gasteiger partial charge < -0.3 is 14.2 Å². The van der Waals surface area contributed by atoms with E-state index in [2.05, 4.69) is 13.8 Å². The Labute approximate surface area is 262 Å². The summed E-state index contributed by atoms with van der Waals surface area (Å²) in [6.07, 6.45) is 32.2. The van der Waals surface area contributed by atoms with Crippen LogP contribution >= 0.6 is 0 Å². The Morgan fingerprint density at radius 1 is 0.452 bits per heavy atom. The third-order valence-corrected chi connectivity index (χ3v) is 8.06. The second kappa shape index (κ2) is 32.8. The molecule has 0 aliphatic heterocycles. The molecule has 0 bridgehead atoms. The summed E-state index contributed by atoms with van der Waals surface area (Å²) in [5.41, 5.74) is 0. The quantitative estimate of drug-likeness (QED) is 0.0557. The van der Waals surface area contributed by atoms with Crippen LogP contribution in [-0.2, 0) is 23.8 Å². The predicted molar refractivity (Wildman–Crippen MR) is 178 cm³/mol. The van der Waals surface area contributed by atoms with Crippen molar-refractivity contribution in [2.45, 2.75) is 213 Å². The fourth-order valence-corrected chi connectivity index (χ4v) is 5.32. The first-order chi connectivity index (χ1) is 20.5. The Morgan fingerprint density at radius 2 is 0.786 bits per heavy atom. The minimum absolute atomic E-state index is 0.0315. The largest absolute Gasteiger partial charge is 0.462 e. The topological polar surface area (TPSA) is 61.8 Å². The third-order valence-electron chi connectivity index (χ3n) is 8.06. The normalized spacial score (nSPS) is 12.1. The first-order valence-corrected chi connectivity index (χ1v) is 18.5. The molecule has 0 aliphatic carbocycles. The van der Waals surface area contributed by atoms with E-state index in [1.807, 2.05) is 13.8 Å². The number of hydrogen-bond donors (Lipinski definition) is 0. The van der Waals surface area contributed by atoms with E-state index in [0.29, 0.717) is 12.8 Å². The van der Waals surface area contributed by atoms with Gasteiger partial charge in [0.1, 0.15) is 6.61 Å². The van der Waals surface area contributed by atoms with Crippen molar-refractivity contribution in [3.63, 3.8) is 0 Å². The van der Waals surface area contributed by atoms with E-state index in [1.165, 1.54) is 135 Å². The van der Waals surface area contributed by atoms with E-state index in [4.69, 9.17) is 14.2 Å². The molecular weight excluding hydrogens is 524 g/mol. The van der Waals surface area contributed by atoms with Crippen LogP contribution in [0.15, 0.2) is 0 Å². The standard InChI is InChI=1S/C37H72O5/c1-5-7-9-11-13-15-17-19-21-22-24-26-28-30-36(38)41-33-35(32-40-34(3)4)42-37(39)31-29-27-25-23-20-18-16-14-12-10-8-6-2/h34-35H,5-33H2,1-4H3. The monoisotopic (exact) mass is 597 g/mol. The van der Waals surface area contributed by atoms with Gasteiger partial charge in [-0.3, -0.25) is 9.59 Å². The fourth-order valence-electron chi connectivity index (χ4n) is 5.32. The molecule has 1 unspecified atom stereocenters. The smallest absolute Gasteiger partial charge is 0.306 e. The molecule has 0 N–H and O–H groups in total. The van der Waals surface area contributed by atoms with Crippen molar-refractivity contribution in [1.82, 2.24) is 0 Å². The number of carbonyl (C=O) groups is 2. The van der Waals surface area contributed by atoms with E-state index in [-0.39, 0.29) is 31.3 Å². The molecular formula is C37H72O5. The SMILES string of the molecule is CCCCCCCCCCCCCCCC(=O)OCC(COC(C)C)OC(=O)CCCCCCCCCCCCCC. The van der Waals surface area contributed by atoms with Gasteiger partial charge in [-0.25, -0.2) is 0 Å². The van der Waals surface area contributed by atoms with Crippen LogP contribution in [-0.4, -0.2) is 37.4 Å². The van der Waals surface area contributed by atoms with Crippen LogP contribution in [0.25, 0.3) is 0 Å². The van der Waals surface area contributed by atoms with Crippen molar-refractivity contribution in [2.75, 3.05) is 13.2 Å². The summed E-state index contributed by atoms with van der Waals surface area (Å²) < 4.78 is 16.8.